The number of hydrogen-bond donors (Lipinski definition) is 1. The summed E-state index contributed by atoms with van der Waals surface area (Å²) in [5.74, 6) is -1.90. The lowest BCUT2D eigenvalue weighted by atomic mass is 9.81. The number of oxime groups is 1. The monoisotopic (exact) mass is 609 g/mol. The minimum Gasteiger partial charge on any atom is -0.374 e. The summed E-state index contributed by atoms with van der Waals surface area (Å²) in [7, 11) is -3.57. The Morgan fingerprint density at radius 1 is 1.12 bits per heavy atom. The van der Waals surface area contributed by atoms with E-state index in [2.05, 4.69) is 10.5 Å². The maximum absolute atomic E-state index is 14.3. The summed E-state index contributed by atoms with van der Waals surface area (Å²) in [5.41, 5.74) is -6.16. The minimum absolute atomic E-state index is 0.00299. The van der Waals surface area contributed by atoms with Crippen molar-refractivity contribution in [1.82, 2.24) is 10.2 Å². The van der Waals surface area contributed by atoms with Gasteiger partial charge in [-0.05, 0) is 29.8 Å². The molecular formula is C24H18ClF6N3O5S. The van der Waals surface area contributed by atoms with Crippen LogP contribution in [-0.4, -0.2) is 62.1 Å². The molecule has 1 saturated heterocycles. The Hall–Kier alpha value is -3.33. The third-order valence-corrected chi connectivity index (χ3v) is 7.99. The van der Waals surface area contributed by atoms with Crippen LogP contribution in [0.1, 0.15) is 39.0 Å². The van der Waals surface area contributed by atoms with E-state index in [1.807, 2.05) is 0 Å². The van der Waals surface area contributed by atoms with Crippen LogP contribution in [0.2, 0.25) is 5.02 Å². The van der Waals surface area contributed by atoms with E-state index in [9.17, 15) is 44.3 Å². The molecular weight excluding hydrogens is 592 g/mol. The Kier molecular flexibility index (Phi) is 6.23. The highest BCUT2D eigenvalue weighted by Gasteiger charge is 2.63. The molecule has 0 bridgehead atoms. The highest BCUT2D eigenvalue weighted by Crippen LogP contribution is 2.50. The van der Waals surface area contributed by atoms with E-state index in [0.29, 0.717) is 17.7 Å². The molecule has 1 N–H and O–H groups in total. The molecule has 5 rings (SSSR count). The normalized spacial score (nSPS) is 21.9. The Bertz CT molecular complexity index is 1580. The Morgan fingerprint density at radius 3 is 2.40 bits per heavy atom. The van der Waals surface area contributed by atoms with Gasteiger partial charge in [-0.1, -0.05) is 28.9 Å². The van der Waals surface area contributed by atoms with Gasteiger partial charge in [0.1, 0.15) is 11.3 Å². The molecule has 3 aliphatic heterocycles. The van der Waals surface area contributed by atoms with Gasteiger partial charge in [-0.3, -0.25) is 9.59 Å². The molecule has 2 aromatic rings. The number of carbonyl (C=O) groups is 2. The van der Waals surface area contributed by atoms with Gasteiger partial charge in [-0.15, -0.1) is 0 Å². The number of carbonyl (C=O) groups excluding carboxylic acids is 2. The zero-order chi connectivity index (χ0) is 29.5. The van der Waals surface area contributed by atoms with Crippen LogP contribution in [-0.2, 0) is 36.8 Å². The van der Waals surface area contributed by atoms with Crippen LogP contribution >= 0.6 is 11.6 Å². The molecule has 0 aromatic heterocycles. The van der Waals surface area contributed by atoms with Crippen LogP contribution in [0.5, 0.6) is 0 Å². The number of hydrogen-bond acceptors (Lipinski definition) is 6. The summed E-state index contributed by atoms with van der Waals surface area (Å²) >= 11 is 5.73. The third-order valence-electron chi connectivity index (χ3n) is 7.00. The van der Waals surface area contributed by atoms with Crippen molar-refractivity contribution in [2.24, 2.45) is 5.16 Å². The zero-order valence-corrected chi connectivity index (χ0v) is 21.9. The predicted molar refractivity (Wildman–Crippen MR) is 128 cm³/mol. The summed E-state index contributed by atoms with van der Waals surface area (Å²) < 4.78 is 106. The molecule has 1 fully saturated rings. The average Bonchev–Trinajstić information content (AvgIpc) is 3.37. The fraction of sp³-hybridized carbons (Fsp3) is 0.375. The molecule has 40 heavy (non-hydrogen) atoms. The molecule has 1 unspecified atom stereocenters. The first kappa shape index (κ1) is 28.2. The number of halogens is 7. The first-order valence-corrected chi connectivity index (χ1v) is 13.9. The lowest BCUT2D eigenvalue weighted by Crippen LogP contribution is -2.67. The highest BCUT2D eigenvalue weighted by molar-refractivity contribution is 7.91. The van der Waals surface area contributed by atoms with Crippen molar-refractivity contribution in [1.29, 1.82) is 0 Å². The number of likely N-dealkylation sites (tertiary alicyclic amines) is 1. The predicted octanol–water partition coefficient (Wildman–Crippen LogP) is 3.77. The number of amides is 2. The van der Waals surface area contributed by atoms with E-state index in [4.69, 9.17) is 16.4 Å². The van der Waals surface area contributed by atoms with Gasteiger partial charge < -0.3 is 15.1 Å². The van der Waals surface area contributed by atoms with Gasteiger partial charge in [0, 0.05) is 47.5 Å². The molecule has 2 amide bonds. The second-order valence-electron chi connectivity index (χ2n) is 9.97. The standard InChI is InChI=1S/C24H18ClF6N3O5S/c1-40(37,38)9-19(35)34-10-21(11-34)17-3-2-12(4-16(17)20(36)32-21)18-8-22(39-33-18,24(29,30)31)13-5-14(23(26,27)28)7-15(25)6-13/h2-7H,8-11H2,1H3,(H,32,36). The SMILES string of the molecule is CS(=O)(=O)CC(=O)N1CC2(C1)NC(=O)c1cc(C3=NOC(c4cc(Cl)cc(C(F)(F)F)c4)(C(F)(F)F)C3)ccc12. The van der Waals surface area contributed by atoms with Crippen LogP contribution in [0.4, 0.5) is 26.3 Å². The lowest BCUT2D eigenvalue weighted by Gasteiger charge is -2.48. The Morgan fingerprint density at radius 2 is 1.80 bits per heavy atom. The number of nitrogens with zero attached hydrogens (tertiary/aromatic N) is 2. The molecule has 3 aliphatic rings. The Balaban J connectivity index is 1.43. The van der Waals surface area contributed by atoms with E-state index in [1.54, 1.807) is 0 Å². The molecule has 214 valence electrons. The van der Waals surface area contributed by atoms with E-state index in [-0.39, 0.29) is 29.9 Å². The van der Waals surface area contributed by atoms with Crippen LogP contribution in [0.25, 0.3) is 0 Å². The maximum atomic E-state index is 14.3. The van der Waals surface area contributed by atoms with Gasteiger partial charge >= 0.3 is 12.4 Å². The molecule has 0 aliphatic carbocycles. The topological polar surface area (TPSA) is 105 Å². The summed E-state index contributed by atoms with van der Waals surface area (Å²) in [6.07, 6.45) is -10.2. The van der Waals surface area contributed by atoms with Gasteiger partial charge in [0.05, 0.1) is 11.3 Å². The summed E-state index contributed by atoms with van der Waals surface area (Å²) in [4.78, 5) is 31.0. The lowest BCUT2D eigenvalue weighted by molar-refractivity contribution is -0.276. The van der Waals surface area contributed by atoms with Crippen LogP contribution in [0, 0.1) is 0 Å². The maximum Gasteiger partial charge on any atom is 0.435 e. The second-order valence-corrected chi connectivity index (χ2v) is 12.6. The molecule has 3 heterocycles. The van der Waals surface area contributed by atoms with E-state index in [1.165, 1.54) is 23.1 Å². The molecule has 16 heteroatoms. The number of fused-ring (bicyclic) bond motifs is 2. The van der Waals surface area contributed by atoms with Gasteiger partial charge in [0.15, 0.2) is 9.84 Å². The third kappa shape index (κ3) is 4.68. The number of sulfone groups is 1. The van der Waals surface area contributed by atoms with Crippen molar-refractivity contribution in [2.45, 2.75) is 29.9 Å². The second kappa shape index (κ2) is 8.83. The van der Waals surface area contributed by atoms with Crippen molar-refractivity contribution in [3.8, 4) is 0 Å². The molecule has 1 spiro atoms. The van der Waals surface area contributed by atoms with Crippen LogP contribution in [0.3, 0.4) is 0 Å². The van der Waals surface area contributed by atoms with E-state index >= 15 is 0 Å². The van der Waals surface area contributed by atoms with Gasteiger partial charge in [-0.25, -0.2) is 8.42 Å². The van der Waals surface area contributed by atoms with Gasteiger partial charge in [-0.2, -0.15) is 26.3 Å². The molecule has 0 saturated carbocycles. The van der Waals surface area contributed by atoms with Crippen molar-refractivity contribution in [3.05, 3.63) is 69.2 Å². The van der Waals surface area contributed by atoms with Crippen LogP contribution in [0.15, 0.2) is 41.6 Å². The summed E-state index contributed by atoms with van der Waals surface area (Å²) in [6, 6.07) is 5.68. The molecule has 2 aromatic carbocycles. The number of alkyl halides is 6. The van der Waals surface area contributed by atoms with E-state index < -0.39 is 73.5 Å². The molecule has 0 radical (unpaired) electrons. The summed E-state index contributed by atoms with van der Waals surface area (Å²) in [6.45, 7) is -0.00598. The first-order valence-electron chi connectivity index (χ1n) is 11.5. The highest BCUT2D eigenvalue weighted by atomic mass is 35.5. The fourth-order valence-electron chi connectivity index (χ4n) is 5.07. The van der Waals surface area contributed by atoms with E-state index in [0.717, 1.165) is 12.3 Å². The number of rotatable bonds is 4. The van der Waals surface area contributed by atoms with Gasteiger partial charge in [0.25, 0.3) is 11.5 Å². The van der Waals surface area contributed by atoms with Crippen molar-refractivity contribution < 1.29 is 49.2 Å². The number of nitrogens with one attached hydrogen (secondary N) is 1. The quantitative estimate of drug-likeness (QED) is 0.532. The minimum atomic E-state index is -5.20. The largest absolute Gasteiger partial charge is 0.435 e. The molecule has 8 nitrogen and oxygen atoms in total. The smallest absolute Gasteiger partial charge is 0.374 e. The zero-order valence-electron chi connectivity index (χ0n) is 20.3. The summed E-state index contributed by atoms with van der Waals surface area (Å²) in [5, 5.41) is 5.71. The van der Waals surface area contributed by atoms with Crippen LogP contribution < -0.4 is 5.32 Å². The van der Waals surface area contributed by atoms with Crippen molar-refractivity contribution in [3.63, 3.8) is 0 Å². The fourth-order valence-corrected chi connectivity index (χ4v) is 5.94. The number of benzene rings is 2. The average molecular weight is 610 g/mol. The molecule has 1 atom stereocenters. The van der Waals surface area contributed by atoms with Crippen molar-refractivity contribution >= 4 is 39.0 Å². The van der Waals surface area contributed by atoms with Gasteiger partial charge in [0.2, 0.25) is 5.91 Å². The first-order chi connectivity index (χ1) is 18.3. The van der Waals surface area contributed by atoms with Crippen molar-refractivity contribution in [2.75, 3.05) is 25.1 Å². The Labute approximate surface area is 227 Å².